The Hall–Kier alpha value is -1.50. The molecule has 1 heterocycles. The Kier molecular flexibility index (Phi) is 4.90. The van der Waals surface area contributed by atoms with E-state index in [1.54, 1.807) is 0 Å². The van der Waals surface area contributed by atoms with E-state index in [9.17, 15) is 22.0 Å². The van der Waals surface area contributed by atoms with Crippen LogP contribution in [0.5, 0.6) is 0 Å². The van der Waals surface area contributed by atoms with Crippen LogP contribution in [0.15, 0.2) is 29.2 Å². The second kappa shape index (κ2) is 6.78. The number of rotatable bonds is 3. The van der Waals surface area contributed by atoms with Crippen molar-refractivity contribution in [1.29, 1.82) is 0 Å². The Bertz CT molecular complexity index is 701. The van der Waals surface area contributed by atoms with Crippen LogP contribution >= 0.6 is 0 Å². The summed E-state index contributed by atoms with van der Waals surface area (Å²) in [4.78, 5) is 14.2. The smallest absolute Gasteiger partial charge is 0.335 e. The van der Waals surface area contributed by atoms with Gasteiger partial charge >= 0.3 is 5.76 Å². The molecule has 1 saturated heterocycles. The molecule has 1 saturated carbocycles. The molecule has 0 spiro atoms. The van der Waals surface area contributed by atoms with E-state index in [-0.39, 0.29) is 11.9 Å². The van der Waals surface area contributed by atoms with Gasteiger partial charge in [0.05, 0.1) is 4.90 Å². The monoisotopic (exact) mass is 357 g/mol. The highest BCUT2D eigenvalue weighted by Crippen LogP contribution is 2.36. The number of nitrogens with zero attached hydrogens (tertiary/aromatic N) is 1. The molecule has 7 heteroatoms. The fourth-order valence-corrected chi connectivity index (χ4v) is 4.65. The minimum atomic E-state index is -4.62. The van der Waals surface area contributed by atoms with Crippen LogP contribution in [0.1, 0.15) is 48.9 Å². The van der Waals surface area contributed by atoms with Gasteiger partial charge in [-0.25, -0.2) is 8.42 Å². The highest BCUT2D eigenvalue weighted by Gasteiger charge is 2.36. The molecule has 2 fully saturated rings. The van der Waals surface area contributed by atoms with Gasteiger partial charge in [0, 0.05) is 18.2 Å². The van der Waals surface area contributed by atoms with E-state index < -0.39 is 20.5 Å². The molecule has 1 aromatic carbocycles. The molecule has 0 bridgehead atoms. The highest BCUT2D eigenvalue weighted by atomic mass is 32.2. The van der Waals surface area contributed by atoms with Crippen molar-refractivity contribution >= 4 is 15.7 Å². The molecule has 4 nitrogen and oxygen atoms in total. The van der Waals surface area contributed by atoms with Crippen LogP contribution in [-0.2, 0) is 9.84 Å². The van der Waals surface area contributed by atoms with Crippen LogP contribution in [0.25, 0.3) is 0 Å². The fourth-order valence-electron chi connectivity index (χ4n) is 3.93. The van der Waals surface area contributed by atoms with Gasteiger partial charge < -0.3 is 4.90 Å². The number of halogens is 2. The summed E-state index contributed by atoms with van der Waals surface area (Å²) >= 11 is 0. The molecule has 132 valence electrons. The number of piperidine rings is 1. The molecule has 0 unspecified atom stereocenters. The van der Waals surface area contributed by atoms with E-state index in [1.165, 1.54) is 18.6 Å². The van der Waals surface area contributed by atoms with E-state index in [0.717, 1.165) is 44.2 Å². The second-order valence-electron chi connectivity index (χ2n) is 6.58. The topological polar surface area (TPSA) is 54.5 Å². The first-order chi connectivity index (χ1) is 11.4. The maximum absolute atomic E-state index is 12.8. The maximum Gasteiger partial charge on any atom is 0.341 e. The first-order valence-electron chi connectivity index (χ1n) is 8.34. The summed E-state index contributed by atoms with van der Waals surface area (Å²) in [6.07, 6.45) is 6.62. The minimum absolute atomic E-state index is 0.132. The van der Waals surface area contributed by atoms with Gasteiger partial charge in [-0.2, -0.15) is 8.78 Å². The third kappa shape index (κ3) is 3.18. The van der Waals surface area contributed by atoms with Crippen LogP contribution in [-0.4, -0.2) is 37.6 Å². The molecule has 2 atom stereocenters. The van der Waals surface area contributed by atoms with E-state index in [1.807, 2.05) is 4.90 Å². The molecule has 1 aliphatic carbocycles. The second-order valence-corrected chi connectivity index (χ2v) is 8.50. The number of amides is 1. The number of hydrogen-bond acceptors (Lipinski definition) is 3. The Morgan fingerprint density at radius 2 is 1.67 bits per heavy atom. The molecular weight excluding hydrogens is 336 g/mol. The Morgan fingerprint density at radius 3 is 2.33 bits per heavy atom. The number of benzene rings is 1. The maximum atomic E-state index is 12.8. The van der Waals surface area contributed by atoms with Gasteiger partial charge in [-0.05, 0) is 55.9 Å². The zero-order chi connectivity index (χ0) is 17.3. The molecule has 2 aliphatic rings. The minimum Gasteiger partial charge on any atom is -0.335 e. The number of sulfone groups is 1. The Balaban J connectivity index is 1.80. The lowest BCUT2D eigenvalue weighted by molar-refractivity contribution is 0.0390. The van der Waals surface area contributed by atoms with Gasteiger partial charge in [0.2, 0.25) is 9.84 Å². The lowest BCUT2D eigenvalue weighted by Crippen LogP contribution is -2.49. The van der Waals surface area contributed by atoms with Crippen molar-refractivity contribution in [2.24, 2.45) is 5.92 Å². The lowest BCUT2D eigenvalue weighted by atomic mass is 9.78. The molecular formula is C17H21F2NO3S. The summed E-state index contributed by atoms with van der Waals surface area (Å²) in [5.74, 6) is -3.04. The van der Waals surface area contributed by atoms with Crippen molar-refractivity contribution in [1.82, 2.24) is 4.90 Å². The van der Waals surface area contributed by atoms with Crippen molar-refractivity contribution < 1.29 is 22.0 Å². The number of carbonyl (C=O) groups excluding carboxylic acids is 1. The number of carbonyl (C=O) groups is 1. The van der Waals surface area contributed by atoms with Gasteiger partial charge in [-0.1, -0.05) is 12.8 Å². The lowest BCUT2D eigenvalue weighted by Gasteiger charge is -2.44. The Morgan fingerprint density at radius 1 is 1.04 bits per heavy atom. The summed E-state index contributed by atoms with van der Waals surface area (Å²) in [6.45, 7) is 0.705. The van der Waals surface area contributed by atoms with E-state index >= 15 is 0 Å². The van der Waals surface area contributed by atoms with Gasteiger partial charge in [0.15, 0.2) is 0 Å². The standard InChI is InChI=1S/C17H21F2NO3S/c18-17(19)24(22,23)14-9-7-13(8-10-14)16(21)20-11-3-5-12-4-1-2-6-15(12)20/h7-10,12,15,17H,1-6,11H2/t12-,15-/m0/s1. The van der Waals surface area contributed by atoms with E-state index in [4.69, 9.17) is 0 Å². The zero-order valence-corrected chi connectivity index (χ0v) is 14.1. The van der Waals surface area contributed by atoms with Gasteiger partial charge in [0.1, 0.15) is 0 Å². The van der Waals surface area contributed by atoms with Crippen LogP contribution in [0.4, 0.5) is 8.78 Å². The number of fused-ring (bicyclic) bond motifs is 1. The average molecular weight is 357 g/mol. The summed E-state index contributed by atoms with van der Waals surface area (Å²) in [5.41, 5.74) is 0.356. The molecule has 0 N–H and O–H groups in total. The van der Waals surface area contributed by atoms with Gasteiger partial charge in [-0.15, -0.1) is 0 Å². The molecule has 1 aliphatic heterocycles. The fraction of sp³-hybridized carbons (Fsp3) is 0.588. The van der Waals surface area contributed by atoms with E-state index in [0.29, 0.717) is 18.0 Å². The predicted octanol–water partition coefficient (Wildman–Crippen LogP) is 3.48. The number of hydrogen-bond donors (Lipinski definition) is 0. The molecule has 24 heavy (non-hydrogen) atoms. The largest absolute Gasteiger partial charge is 0.341 e. The quantitative estimate of drug-likeness (QED) is 0.832. The molecule has 3 rings (SSSR count). The van der Waals surface area contributed by atoms with Crippen molar-refractivity contribution in [2.45, 2.75) is 55.2 Å². The summed E-state index contributed by atoms with van der Waals surface area (Å²) in [7, 11) is -4.62. The molecule has 0 aromatic heterocycles. The molecule has 1 amide bonds. The van der Waals surface area contributed by atoms with Crippen molar-refractivity contribution in [3.63, 3.8) is 0 Å². The normalized spacial score (nSPS) is 24.7. The van der Waals surface area contributed by atoms with Gasteiger partial charge in [0.25, 0.3) is 5.91 Å². The average Bonchev–Trinajstić information content (AvgIpc) is 2.60. The van der Waals surface area contributed by atoms with Gasteiger partial charge in [-0.3, -0.25) is 4.79 Å². The molecule has 1 aromatic rings. The molecule has 0 radical (unpaired) electrons. The van der Waals surface area contributed by atoms with Crippen molar-refractivity contribution in [3.05, 3.63) is 29.8 Å². The van der Waals surface area contributed by atoms with Crippen molar-refractivity contribution in [3.8, 4) is 0 Å². The van der Waals surface area contributed by atoms with E-state index in [2.05, 4.69) is 0 Å². The third-order valence-electron chi connectivity index (χ3n) is 5.17. The van der Waals surface area contributed by atoms with Crippen LogP contribution < -0.4 is 0 Å². The summed E-state index contributed by atoms with van der Waals surface area (Å²) < 4.78 is 48.1. The Labute approximate surface area is 140 Å². The zero-order valence-electron chi connectivity index (χ0n) is 13.3. The van der Waals surface area contributed by atoms with Crippen molar-refractivity contribution in [2.75, 3.05) is 6.54 Å². The predicted molar refractivity (Wildman–Crippen MR) is 85.6 cm³/mol. The number of likely N-dealkylation sites (tertiary alicyclic amines) is 1. The summed E-state index contributed by atoms with van der Waals surface area (Å²) in [5, 5.41) is 0. The van der Waals surface area contributed by atoms with Crippen LogP contribution in [0.3, 0.4) is 0 Å². The first-order valence-corrected chi connectivity index (χ1v) is 9.89. The van der Waals surface area contributed by atoms with Crippen LogP contribution in [0.2, 0.25) is 0 Å². The SMILES string of the molecule is O=C(c1ccc(S(=O)(=O)C(F)F)cc1)N1CCC[C@@H]2CCCC[C@@H]21. The number of alkyl halides is 2. The third-order valence-corrected chi connectivity index (χ3v) is 6.57. The highest BCUT2D eigenvalue weighted by molar-refractivity contribution is 7.91. The summed E-state index contributed by atoms with van der Waals surface area (Å²) in [6, 6.07) is 5.12. The van der Waals surface area contributed by atoms with Crippen LogP contribution in [0, 0.1) is 5.92 Å². The first kappa shape index (κ1) is 17.3.